The van der Waals surface area contributed by atoms with Crippen LogP contribution in [0.3, 0.4) is 0 Å². The largest absolute Gasteiger partial charge is 0.614 e. The highest BCUT2D eigenvalue weighted by Gasteiger charge is 2.22. The first-order chi connectivity index (χ1) is 5.13. The van der Waals surface area contributed by atoms with Crippen LogP contribution >= 0.6 is 15.9 Å². The monoisotopic (exact) mass is 218 g/mol. The first kappa shape index (κ1) is 7.93. The fourth-order valence-corrected chi connectivity index (χ4v) is 1.10. The van der Waals surface area contributed by atoms with Crippen molar-refractivity contribution in [2.24, 2.45) is 0 Å². The summed E-state index contributed by atoms with van der Waals surface area (Å²) in [6, 6.07) is 2.86. The van der Waals surface area contributed by atoms with E-state index in [-0.39, 0.29) is 9.20 Å². The summed E-state index contributed by atoms with van der Waals surface area (Å²) in [5.41, 5.74) is 0. The summed E-state index contributed by atoms with van der Waals surface area (Å²) in [4.78, 5) is 9.46. The minimum Gasteiger partial charge on any atom is -0.614 e. The Kier molecular flexibility index (Phi) is 2.04. The molecule has 11 heavy (non-hydrogen) atoms. The van der Waals surface area contributed by atoms with E-state index in [1.165, 1.54) is 12.1 Å². The van der Waals surface area contributed by atoms with E-state index in [0.29, 0.717) is 0 Å². The number of nitro groups is 1. The van der Waals surface area contributed by atoms with Crippen LogP contribution in [0.4, 0.5) is 5.82 Å². The average molecular weight is 219 g/mol. The summed E-state index contributed by atoms with van der Waals surface area (Å²) in [5.74, 6) is -0.493. The van der Waals surface area contributed by atoms with Crippen molar-refractivity contribution in [1.29, 1.82) is 0 Å². The molecule has 1 aromatic rings. The van der Waals surface area contributed by atoms with Gasteiger partial charge in [0, 0.05) is 6.07 Å². The Balaban J connectivity index is 3.32. The van der Waals surface area contributed by atoms with Gasteiger partial charge >= 0.3 is 5.82 Å². The molecule has 0 saturated heterocycles. The fourth-order valence-electron chi connectivity index (χ4n) is 0.624. The van der Waals surface area contributed by atoms with E-state index in [4.69, 9.17) is 0 Å². The molecule has 0 aromatic carbocycles. The molecular formula is C5H3BrN2O3. The average Bonchev–Trinajstić information content (AvgIpc) is 1.85. The molecule has 0 aliphatic rings. The number of halogens is 1. The predicted molar refractivity (Wildman–Crippen MR) is 39.8 cm³/mol. The first-order valence-corrected chi connectivity index (χ1v) is 3.44. The molecule has 0 saturated carbocycles. The number of aromatic nitrogens is 1. The van der Waals surface area contributed by atoms with Crippen LogP contribution in [0.2, 0.25) is 0 Å². The van der Waals surface area contributed by atoms with Gasteiger partial charge in [-0.25, -0.2) is 0 Å². The van der Waals surface area contributed by atoms with Crippen molar-refractivity contribution >= 4 is 21.7 Å². The topological polar surface area (TPSA) is 70.1 Å². The van der Waals surface area contributed by atoms with Crippen molar-refractivity contribution in [2.45, 2.75) is 0 Å². The van der Waals surface area contributed by atoms with Crippen LogP contribution in [-0.4, -0.2) is 4.92 Å². The highest BCUT2D eigenvalue weighted by atomic mass is 79.9. The van der Waals surface area contributed by atoms with Crippen molar-refractivity contribution in [3.05, 3.63) is 38.1 Å². The number of hydrogen-bond donors (Lipinski definition) is 0. The van der Waals surface area contributed by atoms with Crippen LogP contribution in [-0.2, 0) is 0 Å². The van der Waals surface area contributed by atoms with Crippen LogP contribution in [0.1, 0.15) is 0 Å². The Labute approximate surface area is 70.1 Å². The second kappa shape index (κ2) is 2.83. The second-order valence-electron chi connectivity index (χ2n) is 1.76. The fraction of sp³-hybridized carbons (Fsp3) is 0. The zero-order valence-corrected chi connectivity index (χ0v) is 6.82. The molecule has 0 bridgehead atoms. The minimum absolute atomic E-state index is 0.181. The third-order valence-corrected chi connectivity index (χ3v) is 1.68. The Morgan fingerprint density at radius 1 is 1.64 bits per heavy atom. The van der Waals surface area contributed by atoms with Crippen LogP contribution in [0.25, 0.3) is 0 Å². The lowest BCUT2D eigenvalue weighted by Gasteiger charge is -1.95. The van der Waals surface area contributed by atoms with Crippen LogP contribution in [0.15, 0.2) is 22.8 Å². The van der Waals surface area contributed by atoms with Gasteiger partial charge in [0.15, 0.2) is 10.7 Å². The van der Waals surface area contributed by atoms with Gasteiger partial charge in [0.25, 0.3) is 0 Å². The molecule has 1 rings (SSSR count). The summed E-state index contributed by atoms with van der Waals surface area (Å²) in [7, 11) is 0. The van der Waals surface area contributed by atoms with Crippen molar-refractivity contribution < 1.29 is 9.65 Å². The lowest BCUT2D eigenvalue weighted by atomic mass is 10.5. The molecule has 0 aliphatic heterocycles. The Morgan fingerprint density at radius 2 is 2.27 bits per heavy atom. The molecule has 0 N–H and O–H groups in total. The van der Waals surface area contributed by atoms with Gasteiger partial charge in [0.2, 0.25) is 0 Å². The zero-order chi connectivity index (χ0) is 8.43. The Hall–Kier alpha value is -1.17. The van der Waals surface area contributed by atoms with E-state index in [2.05, 4.69) is 15.9 Å². The molecule has 0 amide bonds. The molecule has 0 radical (unpaired) electrons. The highest BCUT2D eigenvalue weighted by molar-refractivity contribution is 9.10. The number of nitrogens with zero attached hydrogens (tertiary/aromatic N) is 2. The number of rotatable bonds is 1. The summed E-state index contributed by atoms with van der Waals surface area (Å²) in [6.45, 7) is 0. The summed E-state index contributed by atoms with van der Waals surface area (Å²) in [6.07, 6.45) is 1.07. The van der Waals surface area contributed by atoms with E-state index in [0.717, 1.165) is 6.20 Å². The molecule has 5 nitrogen and oxygen atoms in total. The van der Waals surface area contributed by atoms with E-state index in [1.807, 2.05) is 0 Å². The summed E-state index contributed by atoms with van der Waals surface area (Å²) < 4.78 is 0.379. The van der Waals surface area contributed by atoms with Gasteiger partial charge in [0.1, 0.15) is 4.92 Å². The van der Waals surface area contributed by atoms with Crippen molar-refractivity contribution in [1.82, 2.24) is 0 Å². The molecule has 0 unspecified atom stereocenters. The molecule has 0 atom stereocenters. The van der Waals surface area contributed by atoms with E-state index >= 15 is 0 Å². The Morgan fingerprint density at radius 3 is 2.64 bits per heavy atom. The predicted octanol–water partition coefficient (Wildman–Crippen LogP) is 0.991. The molecule has 0 aliphatic carbocycles. The number of hydrogen-bond acceptors (Lipinski definition) is 3. The van der Waals surface area contributed by atoms with Gasteiger partial charge in [-0.05, 0) is 22.0 Å². The minimum atomic E-state index is -0.739. The summed E-state index contributed by atoms with van der Waals surface area (Å²) >= 11 is 2.89. The SMILES string of the molecule is O=[N+]([O-])c1c(Br)ccc[n+]1[O-]. The molecule has 6 heteroatoms. The number of pyridine rings is 1. The van der Waals surface area contributed by atoms with Crippen LogP contribution in [0, 0.1) is 15.3 Å². The normalized spacial score (nSPS) is 9.55. The lowest BCUT2D eigenvalue weighted by Crippen LogP contribution is -2.29. The van der Waals surface area contributed by atoms with Crippen molar-refractivity contribution in [3.63, 3.8) is 0 Å². The standard InChI is InChI=1S/C5H3BrN2O3/c6-4-2-1-3-7(9)5(4)8(10)11/h1-3H. The van der Waals surface area contributed by atoms with Gasteiger partial charge in [0.05, 0.1) is 0 Å². The van der Waals surface area contributed by atoms with Crippen molar-refractivity contribution in [2.75, 3.05) is 0 Å². The summed E-state index contributed by atoms with van der Waals surface area (Å²) in [5, 5.41) is 20.9. The first-order valence-electron chi connectivity index (χ1n) is 2.65. The Bertz CT molecular complexity index is 282. The van der Waals surface area contributed by atoms with Gasteiger partial charge in [-0.3, -0.25) is 10.1 Å². The van der Waals surface area contributed by atoms with E-state index in [9.17, 15) is 15.3 Å². The zero-order valence-electron chi connectivity index (χ0n) is 5.23. The van der Waals surface area contributed by atoms with E-state index in [1.54, 1.807) is 0 Å². The quantitative estimate of drug-likeness (QED) is 0.306. The third-order valence-electron chi connectivity index (χ3n) is 1.06. The maximum atomic E-state index is 10.7. The van der Waals surface area contributed by atoms with Gasteiger partial charge in [-0.15, -0.1) is 4.73 Å². The van der Waals surface area contributed by atoms with E-state index < -0.39 is 10.7 Å². The van der Waals surface area contributed by atoms with Crippen LogP contribution < -0.4 is 4.73 Å². The van der Waals surface area contributed by atoms with Crippen molar-refractivity contribution in [3.8, 4) is 0 Å². The lowest BCUT2D eigenvalue weighted by molar-refractivity contribution is -0.665. The maximum absolute atomic E-state index is 10.7. The van der Waals surface area contributed by atoms with Crippen LogP contribution in [0.5, 0.6) is 0 Å². The highest BCUT2D eigenvalue weighted by Crippen LogP contribution is 2.18. The molecule has 0 spiro atoms. The van der Waals surface area contributed by atoms with Gasteiger partial charge < -0.3 is 5.21 Å². The van der Waals surface area contributed by atoms with Gasteiger partial charge in [-0.2, -0.15) is 0 Å². The van der Waals surface area contributed by atoms with Gasteiger partial charge in [-0.1, -0.05) is 0 Å². The molecule has 1 heterocycles. The third kappa shape index (κ3) is 1.45. The molecular weight excluding hydrogens is 216 g/mol. The second-order valence-corrected chi connectivity index (χ2v) is 2.62. The molecule has 0 fully saturated rings. The molecule has 1 aromatic heterocycles. The smallest absolute Gasteiger partial charge is 0.527 e. The maximum Gasteiger partial charge on any atom is 0.527 e. The molecule has 58 valence electrons.